The maximum absolute atomic E-state index is 13.2. The summed E-state index contributed by atoms with van der Waals surface area (Å²) in [6.07, 6.45) is 0.789. The van der Waals surface area contributed by atoms with Crippen molar-refractivity contribution in [2.75, 3.05) is 6.54 Å². The number of fused-ring (bicyclic) bond motifs is 2. The van der Waals surface area contributed by atoms with Crippen molar-refractivity contribution in [3.63, 3.8) is 0 Å². The first kappa shape index (κ1) is 25.2. The number of furan rings is 1. The van der Waals surface area contributed by atoms with Gasteiger partial charge in [-0.15, -0.1) is 0 Å². The van der Waals surface area contributed by atoms with Gasteiger partial charge in [-0.2, -0.15) is 0 Å². The molecule has 6 rings (SSSR count). The SMILES string of the molecule is CCc1ccc2c(c1)C(=O)N(C[C@@]1(C#Cc3ccc4oc(C5(C)NC(=O)NC5=O)c(C)c4c3)NC(=O)NC1=O)C2. The number of aryl methyl sites for hydroxylation is 2. The van der Waals surface area contributed by atoms with Gasteiger partial charge in [0.15, 0.2) is 5.54 Å². The number of urea groups is 2. The maximum atomic E-state index is 13.2. The number of rotatable bonds is 4. The highest BCUT2D eigenvalue weighted by Crippen LogP contribution is 2.35. The number of imide groups is 2. The lowest BCUT2D eigenvalue weighted by molar-refractivity contribution is -0.124. The standard InChI is InChI=1S/C29H25N5O6/c1-4-16-5-7-18-13-34(23(35)20(18)11-16)14-29(25(37)31-27(39)33-29)10-9-17-6-8-21-19(12-17)15(2)22(40-21)28(3)24(36)30-26(38)32-28/h5-8,11-12H,4,13-14H2,1-3H3,(H2,30,32,36,38)(H2,31,33,37,39)/t28?,29-/m1/s1. The Morgan fingerprint density at radius 1 is 0.975 bits per heavy atom. The van der Waals surface area contributed by atoms with Gasteiger partial charge in [0.1, 0.15) is 11.3 Å². The van der Waals surface area contributed by atoms with Crippen LogP contribution in [0, 0.1) is 18.8 Å². The van der Waals surface area contributed by atoms with Crippen molar-refractivity contribution in [2.45, 2.75) is 44.8 Å². The normalized spacial score (nSPS) is 23.5. The van der Waals surface area contributed by atoms with Gasteiger partial charge < -0.3 is 20.0 Å². The zero-order valence-corrected chi connectivity index (χ0v) is 22.0. The summed E-state index contributed by atoms with van der Waals surface area (Å²) in [6.45, 7) is 5.51. The largest absolute Gasteiger partial charge is 0.458 e. The second kappa shape index (κ2) is 8.71. The predicted octanol–water partition coefficient (Wildman–Crippen LogP) is 1.94. The van der Waals surface area contributed by atoms with E-state index in [0.29, 0.717) is 40.0 Å². The van der Waals surface area contributed by atoms with Crippen molar-refractivity contribution in [3.05, 3.63) is 70.0 Å². The van der Waals surface area contributed by atoms with Crippen LogP contribution < -0.4 is 21.3 Å². The first-order chi connectivity index (χ1) is 19.0. The van der Waals surface area contributed by atoms with Crippen LogP contribution in [0.3, 0.4) is 0 Å². The molecule has 3 aliphatic heterocycles. The molecule has 0 bridgehead atoms. The van der Waals surface area contributed by atoms with Crippen LogP contribution >= 0.6 is 0 Å². The molecule has 11 heteroatoms. The average molecular weight is 540 g/mol. The zero-order chi connectivity index (χ0) is 28.4. The highest BCUT2D eigenvalue weighted by atomic mass is 16.3. The van der Waals surface area contributed by atoms with Gasteiger partial charge in [-0.1, -0.05) is 30.9 Å². The Hall–Kier alpha value is -5.11. The Morgan fingerprint density at radius 2 is 1.73 bits per heavy atom. The van der Waals surface area contributed by atoms with E-state index in [9.17, 15) is 24.0 Å². The lowest BCUT2D eigenvalue weighted by Crippen LogP contribution is -2.54. The molecular formula is C29H25N5O6. The van der Waals surface area contributed by atoms with Gasteiger partial charge in [0.2, 0.25) is 5.54 Å². The van der Waals surface area contributed by atoms with Crippen LogP contribution in [-0.4, -0.2) is 46.8 Å². The fourth-order valence-corrected chi connectivity index (χ4v) is 5.43. The molecular weight excluding hydrogens is 514 g/mol. The van der Waals surface area contributed by atoms with Crippen LogP contribution in [0.2, 0.25) is 0 Å². The molecule has 0 spiro atoms. The van der Waals surface area contributed by atoms with E-state index in [4.69, 9.17) is 4.42 Å². The first-order valence-corrected chi connectivity index (χ1v) is 12.8. The van der Waals surface area contributed by atoms with E-state index in [1.54, 1.807) is 32.0 Å². The van der Waals surface area contributed by atoms with E-state index in [1.165, 1.54) is 4.90 Å². The average Bonchev–Trinajstić information content (AvgIpc) is 3.59. The summed E-state index contributed by atoms with van der Waals surface area (Å²) in [7, 11) is 0. The molecule has 4 heterocycles. The minimum absolute atomic E-state index is 0.128. The molecule has 3 aromatic rings. The summed E-state index contributed by atoms with van der Waals surface area (Å²) in [5.74, 6) is 4.81. The molecule has 7 amide bonds. The van der Waals surface area contributed by atoms with Crippen molar-refractivity contribution in [3.8, 4) is 11.8 Å². The summed E-state index contributed by atoms with van der Waals surface area (Å²) < 4.78 is 5.95. The monoisotopic (exact) mass is 539 g/mol. The van der Waals surface area contributed by atoms with Crippen LogP contribution in [-0.2, 0) is 28.1 Å². The third-order valence-corrected chi connectivity index (χ3v) is 7.69. The molecule has 4 N–H and O–H groups in total. The first-order valence-electron chi connectivity index (χ1n) is 12.8. The lowest BCUT2D eigenvalue weighted by Gasteiger charge is -2.26. The third-order valence-electron chi connectivity index (χ3n) is 7.69. The van der Waals surface area contributed by atoms with Gasteiger partial charge in [-0.3, -0.25) is 25.0 Å². The number of benzene rings is 2. The van der Waals surface area contributed by atoms with Gasteiger partial charge in [0.05, 0.1) is 6.54 Å². The fraction of sp³-hybridized carbons (Fsp3) is 0.276. The number of hydrogen-bond acceptors (Lipinski definition) is 6. The third kappa shape index (κ3) is 3.79. The van der Waals surface area contributed by atoms with E-state index < -0.39 is 35.0 Å². The number of nitrogens with one attached hydrogen (secondary N) is 4. The maximum Gasteiger partial charge on any atom is 0.323 e. The Labute approximate surface area is 228 Å². The Bertz CT molecular complexity index is 1750. The summed E-state index contributed by atoms with van der Waals surface area (Å²) >= 11 is 0. The van der Waals surface area contributed by atoms with Crippen molar-refractivity contribution >= 4 is 40.8 Å². The molecule has 0 aliphatic carbocycles. The summed E-state index contributed by atoms with van der Waals surface area (Å²) in [5, 5.41) is 10.4. The highest BCUT2D eigenvalue weighted by Gasteiger charge is 2.49. The van der Waals surface area contributed by atoms with Crippen LogP contribution in [0.25, 0.3) is 11.0 Å². The Kier molecular flexibility index (Phi) is 5.48. The van der Waals surface area contributed by atoms with Crippen molar-refractivity contribution in [1.29, 1.82) is 0 Å². The van der Waals surface area contributed by atoms with Crippen LogP contribution in [0.5, 0.6) is 0 Å². The van der Waals surface area contributed by atoms with E-state index in [1.807, 2.05) is 25.1 Å². The molecule has 1 unspecified atom stereocenters. The Morgan fingerprint density at radius 3 is 2.40 bits per heavy atom. The molecule has 2 fully saturated rings. The predicted molar refractivity (Wildman–Crippen MR) is 142 cm³/mol. The highest BCUT2D eigenvalue weighted by molar-refractivity contribution is 6.10. The minimum Gasteiger partial charge on any atom is -0.458 e. The van der Waals surface area contributed by atoms with Crippen molar-refractivity contribution in [1.82, 2.24) is 26.2 Å². The number of hydrogen-bond donors (Lipinski definition) is 4. The molecule has 2 atom stereocenters. The van der Waals surface area contributed by atoms with Crippen molar-refractivity contribution < 1.29 is 28.4 Å². The molecule has 0 saturated carbocycles. The summed E-state index contributed by atoms with van der Waals surface area (Å²) in [6, 6.07) is 9.56. The number of carbonyl (C=O) groups excluding carboxylic acids is 5. The van der Waals surface area contributed by atoms with E-state index in [-0.39, 0.29) is 12.5 Å². The zero-order valence-electron chi connectivity index (χ0n) is 22.0. The number of carbonyl (C=O) groups is 5. The molecule has 2 saturated heterocycles. The molecule has 11 nitrogen and oxygen atoms in total. The van der Waals surface area contributed by atoms with Gasteiger partial charge >= 0.3 is 12.1 Å². The van der Waals surface area contributed by atoms with Gasteiger partial charge in [0.25, 0.3) is 17.7 Å². The van der Waals surface area contributed by atoms with Crippen LogP contribution in [0.1, 0.15) is 52.2 Å². The molecule has 3 aliphatic rings. The summed E-state index contributed by atoms with van der Waals surface area (Å²) in [5.41, 5.74) is 1.12. The molecule has 2 aromatic carbocycles. The van der Waals surface area contributed by atoms with E-state index in [2.05, 4.69) is 33.1 Å². The smallest absolute Gasteiger partial charge is 0.323 e. The van der Waals surface area contributed by atoms with Crippen LogP contribution in [0.15, 0.2) is 40.8 Å². The van der Waals surface area contributed by atoms with Crippen LogP contribution in [0.4, 0.5) is 9.59 Å². The molecule has 0 radical (unpaired) electrons. The quantitative estimate of drug-likeness (QED) is 0.294. The lowest BCUT2D eigenvalue weighted by atomic mass is 9.95. The second-order valence-electron chi connectivity index (χ2n) is 10.4. The summed E-state index contributed by atoms with van der Waals surface area (Å²) in [4.78, 5) is 64.1. The molecule has 1 aromatic heterocycles. The van der Waals surface area contributed by atoms with E-state index in [0.717, 1.165) is 17.5 Å². The number of amides is 7. The van der Waals surface area contributed by atoms with Gasteiger partial charge in [-0.25, -0.2) is 9.59 Å². The van der Waals surface area contributed by atoms with E-state index >= 15 is 0 Å². The molecule has 40 heavy (non-hydrogen) atoms. The topological polar surface area (TPSA) is 150 Å². The van der Waals surface area contributed by atoms with Gasteiger partial charge in [0, 0.05) is 28.6 Å². The Balaban J connectivity index is 1.33. The molecule has 202 valence electrons. The van der Waals surface area contributed by atoms with Crippen molar-refractivity contribution in [2.24, 2.45) is 0 Å². The second-order valence-corrected chi connectivity index (χ2v) is 10.4. The van der Waals surface area contributed by atoms with Gasteiger partial charge in [-0.05, 0) is 55.7 Å². The number of nitrogens with zero attached hydrogens (tertiary/aromatic N) is 1. The fourth-order valence-electron chi connectivity index (χ4n) is 5.43. The minimum atomic E-state index is -1.65.